The van der Waals surface area contributed by atoms with Gasteiger partial charge in [-0.05, 0) is 56.6 Å². The molecule has 0 heterocycles. The topological polar surface area (TPSA) is 73.6 Å². The minimum Gasteiger partial charge on any atom is -0.490 e. The highest BCUT2D eigenvalue weighted by molar-refractivity contribution is 5.97. The summed E-state index contributed by atoms with van der Waals surface area (Å²) in [6.45, 7) is 3.59. The summed E-state index contributed by atoms with van der Waals surface area (Å²) in [5.74, 6) is 1.61. The predicted octanol–water partition coefficient (Wildman–Crippen LogP) is 2.74. The number of nitrogens with two attached hydrogens (primary N) is 1. The lowest BCUT2D eigenvalue weighted by molar-refractivity contribution is 0.0748. The van der Waals surface area contributed by atoms with E-state index in [4.69, 9.17) is 15.2 Å². The normalized spacial score (nSPS) is 28.4. The van der Waals surface area contributed by atoms with Crippen LogP contribution in [0.2, 0.25) is 0 Å². The molecule has 0 saturated heterocycles. The van der Waals surface area contributed by atoms with E-state index in [1.54, 1.807) is 0 Å². The molecule has 3 rings (SSSR count). The number of hydrogen-bond acceptors (Lipinski definition) is 4. The summed E-state index contributed by atoms with van der Waals surface area (Å²) in [5.41, 5.74) is 6.79. The van der Waals surface area contributed by atoms with Gasteiger partial charge < -0.3 is 20.5 Å². The second-order valence-electron chi connectivity index (χ2n) is 7.22. The lowest BCUT2D eigenvalue weighted by Crippen LogP contribution is -2.53. The molecule has 0 aromatic heterocycles. The highest BCUT2D eigenvalue weighted by Crippen LogP contribution is 2.39. The third-order valence-electron chi connectivity index (χ3n) is 5.50. The Morgan fingerprint density at radius 2 is 1.92 bits per heavy atom. The van der Waals surface area contributed by atoms with E-state index in [0.29, 0.717) is 43.0 Å². The smallest absolute Gasteiger partial charge is 0.255 e. The standard InChI is InChI=1S/C20H30N2O3/c1-2-24-10-11-25-18-9-4-3-8-17(18)20(23)22-19-14-6-5-7-15(19)13-16(21)12-14/h3-4,8-9,14-16,19H,2,5-7,10-13,21H2,1H3,(H,22,23). The van der Waals surface area contributed by atoms with Gasteiger partial charge in [0.15, 0.2) is 0 Å². The van der Waals surface area contributed by atoms with E-state index in [2.05, 4.69) is 5.32 Å². The Bertz CT molecular complexity index is 564. The van der Waals surface area contributed by atoms with Gasteiger partial charge in [-0.15, -0.1) is 0 Å². The zero-order chi connectivity index (χ0) is 17.6. The summed E-state index contributed by atoms with van der Waals surface area (Å²) in [6.07, 6.45) is 5.64. The van der Waals surface area contributed by atoms with Crippen LogP contribution < -0.4 is 15.8 Å². The van der Waals surface area contributed by atoms with Crippen LogP contribution in [0.4, 0.5) is 0 Å². The van der Waals surface area contributed by atoms with Crippen molar-refractivity contribution in [3.8, 4) is 5.75 Å². The summed E-state index contributed by atoms with van der Waals surface area (Å²) < 4.78 is 11.1. The maximum Gasteiger partial charge on any atom is 0.255 e. The molecule has 5 heteroatoms. The van der Waals surface area contributed by atoms with Gasteiger partial charge in [-0.1, -0.05) is 18.6 Å². The van der Waals surface area contributed by atoms with Crippen molar-refractivity contribution in [2.45, 2.75) is 51.1 Å². The average Bonchev–Trinajstić information content (AvgIpc) is 2.60. The molecule has 2 atom stereocenters. The molecule has 2 aliphatic carbocycles. The summed E-state index contributed by atoms with van der Waals surface area (Å²) in [5, 5.41) is 3.29. The SMILES string of the molecule is CCOCCOc1ccccc1C(=O)NC1C2CCCC1CC(N)C2. The third-order valence-corrected chi connectivity index (χ3v) is 5.50. The number of carbonyl (C=O) groups excluding carboxylic acids is 1. The molecule has 0 spiro atoms. The van der Waals surface area contributed by atoms with E-state index in [0.717, 1.165) is 12.8 Å². The Morgan fingerprint density at radius 3 is 2.64 bits per heavy atom. The molecule has 1 aromatic rings. The molecule has 2 saturated carbocycles. The number of carbonyl (C=O) groups is 1. The summed E-state index contributed by atoms with van der Waals surface area (Å²) in [7, 11) is 0. The van der Waals surface area contributed by atoms with E-state index >= 15 is 0 Å². The molecule has 2 aliphatic rings. The first-order valence-electron chi connectivity index (χ1n) is 9.55. The van der Waals surface area contributed by atoms with Crippen LogP contribution in [-0.2, 0) is 4.74 Å². The summed E-state index contributed by atoms with van der Waals surface area (Å²) in [6, 6.07) is 7.98. The van der Waals surface area contributed by atoms with E-state index in [9.17, 15) is 4.79 Å². The van der Waals surface area contributed by atoms with E-state index in [-0.39, 0.29) is 18.0 Å². The lowest BCUT2D eigenvalue weighted by atomic mass is 9.67. The van der Waals surface area contributed by atoms with Gasteiger partial charge in [0.1, 0.15) is 12.4 Å². The van der Waals surface area contributed by atoms with Crippen molar-refractivity contribution in [1.29, 1.82) is 0 Å². The van der Waals surface area contributed by atoms with Gasteiger partial charge in [-0.25, -0.2) is 0 Å². The van der Waals surface area contributed by atoms with Crippen molar-refractivity contribution >= 4 is 5.91 Å². The van der Waals surface area contributed by atoms with Crippen LogP contribution in [0.3, 0.4) is 0 Å². The second kappa shape index (κ2) is 8.68. The fraction of sp³-hybridized carbons (Fsp3) is 0.650. The summed E-state index contributed by atoms with van der Waals surface area (Å²) >= 11 is 0. The number of fused-ring (bicyclic) bond motifs is 2. The Balaban J connectivity index is 1.65. The number of hydrogen-bond donors (Lipinski definition) is 2. The van der Waals surface area contributed by atoms with Crippen molar-refractivity contribution in [2.75, 3.05) is 19.8 Å². The van der Waals surface area contributed by atoms with Gasteiger partial charge in [0.25, 0.3) is 5.91 Å². The van der Waals surface area contributed by atoms with Crippen LogP contribution >= 0.6 is 0 Å². The molecular formula is C20H30N2O3. The first-order chi connectivity index (χ1) is 12.2. The van der Waals surface area contributed by atoms with Crippen LogP contribution in [0.25, 0.3) is 0 Å². The van der Waals surface area contributed by atoms with Crippen LogP contribution in [0.15, 0.2) is 24.3 Å². The van der Waals surface area contributed by atoms with E-state index in [1.165, 1.54) is 19.3 Å². The minimum atomic E-state index is -0.0376. The maximum absolute atomic E-state index is 12.9. The molecule has 138 valence electrons. The lowest BCUT2D eigenvalue weighted by Gasteiger charge is -2.45. The van der Waals surface area contributed by atoms with Crippen molar-refractivity contribution in [2.24, 2.45) is 17.6 Å². The average molecular weight is 346 g/mol. The quantitative estimate of drug-likeness (QED) is 0.745. The van der Waals surface area contributed by atoms with Gasteiger partial charge in [0.05, 0.1) is 12.2 Å². The van der Waals surface area contributed by atoms with Gasteiger partial charge in [-0.2, -0.15) is 0 Å². The van der Waals surface area contributed by atoms with Gasteiger partial charge in [0, 0.05) is 18.7 Å². The predicted molar refractivity (Wildman–Crippen MR) is 97.7 cm³/mol. The number of nitrogens with one attached hydrogen (secondary N) is 1. The Hall–Kier alpha value is -1.59. The second-order valence-corrected chi connectivity index (χ2v) is 7.22. The van der Waals surface area contributed by atoms with Crippen molar-refractivity contribution in [1.82, 2.24) is 5.32 Å². The molecule has 0 aliphatic heterocycles. The largest absolute Gasteiger partial charge is 0.490 e. The third kappa shape index (κ3) is 4.53. The number of amides is 1. The molecule has 2 fully saturated rings. The Morgan fingerprint density at radius 1 is 1.20 bits per heavy atom. The highest BCUT2D eigenvalue weighted by Gasteiger charge is 2.40. The fourth-order valence-corrected chi connectivity index (χ4v) is 4.39. The molecule has 2 bridgehead atoms. The fourth-order valence-electron chi connectivity index (χ4n) is 4.39. The van der Waals surface area contributed by atoms with Crippen LogP contribution in [0, 0.1) is 11.8 Å². The molecular weight excluding hydrogens is 316 g/mol. The number of para-hydroxylation sites is 1. The molecule has 0 radical (unpaired) electrons. The van der Waals surface area contributed by atoms with Crippen LogP contribution in [0.1, 0.15) is 49.4 Å². The Labute approximate surface area is 150 Å². The van der Waals surface area contributed by atoms with Gasteiger partial charge >= 0.3 is 0 Å². The molecule has 1 amide bonds. The van der Waals surface area contributed by atoms with E-state index in [1.807, 2.05) is 31.2 Å². The molecule has 2 unspecified atom stereocenters. The summed E-state index contributed by atoms with van der Waals surface area (Å²) in [4.78, 5) is 12.9. The monoisotopic (exact) mass is 346 g/mol. The zero-order valence-electron chi connectivity index (χ0n) is 15.1. The van der Waals surface area contributed by atoms with Gasteiger partial charge in [0.2, 0.25) is 0 Å². The first kappa shape index (κ1) is 18.2. The number of ether oxygens (including phenoxy) is 2. The number of rotatable bonds is 7. The first-order valence-corrected chi connectivity index (χ1v) is 9.55. The van der Waals surface area contributed by atoms with Crippen molar-refractivity contribution in [3.05, 3.63) is 29.8 Å². The van der Waals surface area contributed by atoms with Crippen LogP contribution in [0.5, 0.6) is 5.75 Å². The van der Waals surface area contributed by atoms with Gasteiger partial charge in [-0.3, -0.25) is 4.79 Å². The molecule has 5 nitrogen and oxygen atoms in total. The van der Waals surface area contributed by atoms with Crippen LogP contribution in [-0.4, -0.2) is 37.8 Å². The Kier molecular flexibility index (Phi) is 6.32. The molecule has 1 aromatic carbocycles. The van der Waals surface area contributed by atoms with E-state index < -0.39 is 0 Å². The highest BCUT2D eigenvalue weighted by atomic mass is 16.5. The molecule has 25 heavy (non-hydrogen) atoms. The zero-order valence-corrected chi connectivity index (χ0v) is 15.1. The molecule has 3 N–H and O–H groups in total. The number of benzene rings is 1. The maximum atomic E-state index is 12.9. The van der Waals surface area contributed by atoms with Crippen molar-refractivity contribution < 1.29 is 14.3 Å². The minimum absolute atomic E-state index is 0.0376. The van der Waals surface area contributed by atoms with Crippen molar-refractivity contribution in [3.63, 3.8) is 0 Å².